The lowest BCUT2D eigenvalue weighted by Crippen LogP contribution is -2.38. The number of nitrogens with zero attached hydrogens (tertiary/aromatic N) is 3. The van der Waals surface area contributed by atoms with Gasteiger partial charge in [0.05, 0.1) is 0 Å². The molecule has 0 spiro atoms. The summed E-state index contributed by atoms with van der Waals surface area (Å²) in [6.45, 7) is 5.43. The number of rotatable bonds is 3. The van der Waals surface area contributed by atoms with Crippen LogP contribution in [0.2, 0.25) is 0 Å². The van der Waals surface area contributed by atoms with Crippen molar-refractivity contribution in [2.75, 3.05) is 13.1 Å². The van der Waals surface area contributed by atoms with Crippen LogP contribution in [0.15, 0.2) is 35.3 Å². The van der Waals surface area contributed by atoms with Gasteiger partial charge in [-0.2, -0.15) is 5.10 Å². The maximum Gasteiger partial charge on any atom is 0.274 e. The van der Waals surface area contributed by atoms with Gasteiger partial charge in [-0.05, 0) is 37.0 Å². The molecule has 7 nitrogen and oxygen atoms in total. The molecule has 3 aromatic rings. The summed E-state index contributed by atoms with van der Waals surface area (Å²) in [5.74, 6) is 0.508. The Hall–Kier alpha value is -2.96. The molecule has 140 valence electrons. The first-order chi connectivity index (χ1) is 13.0. The van der Waals surface area contributed by atoms with Gasteiger partial charge in [0, 0.05) is 42.0 Å². The standard InChI is InChI=1S/C20H23N5O2/c1-12(2)15-11-17(24-23-15)20(27)25-8-5-13(6-9-25)16-10-14-4-3-7-21-18(14)19(26)22-16/h3-4,7,10-13H,5-6,8-9H2,1-2H3,(H,22,26)(H,23,24). The zero-order chi connectivity index (χ0) is 19.0. The van der Waals surface area contributed by atoms with Crippen molar-refractivity contribution in [3.8, 4) is 0 Å². The molecule has 4 heterocycles. The number of fused-ring (bicyclic) bond motifs is 1. The van der Waals surface area contributed by atoms with Crippen molar-refractivity contribution in [2.24, 2.45) is 0 Å². The van der Waals surface area contributed by atoms with Gasteiger partial charge in [-0.25, -0.2) is 0 Å². The number of pyridine rings is 2. The van der Waals surface area contributed by atoms with E-state index >= 15 is 0 Å². The molecule has 0 unspecified atom stereocenters. The minimum atomic E-state index is -0.153. The van der Waals surface area contributed by atoms with Crippen molar-refractivity contribution >= 4 is 16.8 Å². The number of aromatic amines is 2. The number of likely N-dealkylation sites (tertiary alicyclic amines) is 1. The first-order valence-electron chi connectivity index (χ1n) is 9.35. The zero-order valence-electron chi connectivity index (χ0n) is 15.5. The van der Waals surface area contributed by atoms with Crippen molar-refractivity contribution in [3.63, 3.8) is 0 Å². The summed E-state index contributed by atoms with van der Waals surface area (Å²) in [4.78, 5) is 33.9. The Balaban J connectivity index is 1.47. The number of carbonyl (C=O) groups excluding carboxylic acids is 1. The van der Waals surface area contributed by atoms with Crippen LogP contribution in [0.3, 0.4) is 0 Å². The second-order valence-electron chi connectivity index (χ2n) is 7.42. The van der Waals surface area contributed by atoms with Crippen molar-refractivity contribution in [2.45, 2.75) is 38.5 Å². The SMILES string of the molecule is CC(C)c1cc(C(=O)N2CCC(c3cc4cccnc4c(=O)[nH]3)CC2)n[nH]1. The number of amides is 1. The highest BCUT2D eigenvalue weighted by atomic mass is 16.2. The third-order valence-electron chi connectivity index (χ3n) is 5.28. The molecule has 0 aliphatic carbocycles. The predicted octanol–water partition coefficient (Wildman–Crippen LogP) is 2.79. The van der Waals surface area contributed by atoms with Crippen molar-refractivity contribution in [3.05, 3.63) is 57.9 Å². The van der Waals surface area contributed by atoms with E-state index in [1.54, 1.807) is 6.20 Å². The largest absolute Gasteiger partial charge is 0.337 e. The van der Waals surface area contributed by atoms with E-state index in [1.807, 2.05) is 29.2 Å². The Kier molecular flexibility index (Phi) is 4.51. The fourth-order valence-electron chi connectivity index (χ4n) is 3.64. The molecular formula is C20H23N5O2. The lowest BCUT2D eigenvalue weighted by Gasteiger charge is -2.31. The van der Waals surface area contributed by atoms with Crippen LogP contribution in [0, 0.1) is 0 Å². The molecular weight excluding hydrogens is 342 g/mol. The van der Waals surface area contributed by atoms with E-state index in [-0.39, 0.29) is 17.4 Å². The topological polar surface area (TPSA) is 94.7 Å². The second kappa shape index (κ2) is 6.98. The molecule has 0 saturated carbocycles. The van der Waals surface area contributed by atoms with Crippen LogP contribution >= 0.6 is 0 Å². The summed E-state index contributed by atoms with van der Waals surface area (Å²) >= 11 is 0. The lowest BCUT2D eigenvalue weighted by atomic mass is 9.92. The molecule has 7 heteroatoms. The molecule has 0 bridgehead atoms. The fraction of sp³-hybridized carbons (Fsp3) is 0.400. The van der Waals surface area contributed by atoms with Crippen LogP contribution < -0.4 is 5.56 Å². The highest BCUT2D eigenvalue weighted by molar-refractivity contribution is 5.92. The summed E-state index contributed by atoms with van der Waals surface area (Å²) in [6.07, 6.45) is 3.25. The first-order valence-corrected chi connectivity index (χ1v) is 9.35. The van der Waals surface area contributed by atoms with Gasteiger partial charge < -0.3 is 9.88 Å². The Morgan fingerprint density at radius 2 is 2.04 bits per heavy atom. The summed E-state index contributed by atoms with van der Waals surface area (Å²) in [5.41, 5.74) is 2.68. The van der Waals surface area contributed by atoms with Crippen LogP contribution in [-0.2, 0) is 0 Å². The third-order valence-corrected chi connectivity index (χ3v) is 5.28. The third kappa shape index (κ3) is 3.37. The van der Waals surface area contributed by atoms with Gasteiger partial charge >= 0.3 is 0 Å². The summed E-state index contributed by atoms with van der Waals surface area (Å²) in [6, 6.07) is 7.59. The molecule has 4 rings (SSSR count). The average Bonchev–Trinajstić information content (AvgIpc) is 3.18. The normalized spacial score (nSPS) is 15.6. The van der Waals surface area contributed by atoms with Gasteiger partial charge in [-0.1, -0.05) is 19.9 Å². The average molecular weight is 365 g/mol. The van der Waals surface area contributed by atoms with Gasteiger partial charge in [0.1, 0.15) is 11.2 Å². The van der Waals surface area contributed by atoms with E-state index < -0.39 is 0 Å². The number of hydrogen-bond donors (Lipinski definition) is 2. The molecule has 1 fully saturated rings. The van der Waals surface area contributed by atoms with Crippen molar-refractivity contribution < 1.29 is 4.79 Å². The lowest BCUT2D eigenvalue weighted by molar-refractivity contribution is 0.0706. The maximum atomic E-state index is 12.7. The van der Waals surface area contributed by atoms with Gasteiger partial charge in [0.2, 0.25) is 0 Å². The molecule has 1 saturated heterocycles. The van der Waals surface area contributed by atoms with E-state index in [0.717, 1.165) is 29.6 Å². The Morgan fingerprint density at radius 3 is 2.74 bits per heavy atom. The highest BCUT2D eigenvalue weighted by Gasteiger charge is 2.27. The van der Waals surface area contributed by atoms with Crippen molar-refractivity contribution in [1.82, 2.24) is 25.1 Å². The Morgan fingerprint density at radius 1 is 1.26 bits per heavy atom. The molecule has 0 atom stereocenters. The van der Waals surface area contributed by atoms with Crippen LogP contribution in [0.5, 0.6) is 0 Å². The van der Waals surface area contributed by atoms with Gasteiger partial charge in [-0.3, -0.25) is 19.7 Å². The van der Waals surface area contributed by atoms with E-state index in [0.29, 0.717) is 30.2 Å². The molecule has 0 radical (unpaired) electrons. The second-order valence-corrected chi connectivity index (χ2v) is 7.42. The highest BCUT2D eigenvalue weighted by Crippen LogP contribution is 2.28. The Labute approximate surface area is 156 Å². The fourth-order valence-corrected chi connectivity index (χ4v) is 3.64. The number of aromatic nitrogens is 4. The Bertz CT molecular complexity index is 1030. The molecule has 1 aliphatic heterocycles. The van der Waals surface area contributed by atoms with Crippen LogP contribution in [0.25, 0.3) is 10.9 Å². The van der Waals surface area contributed by atoms with E-state index in [9.17, 15) is 9.59 Å². The molecule has 1 amide bonds. The van der Waals surface area contributed by atoms with Gasteiger partial charge in [-0.15, -0.1) is 0 Å². The minimum Gasteiger partial charge on any atom is -0.337 e. The zero-order valence-corrected chi connectivity index (χ0v) is 15.5. The van der Waals surface area contributed by atoms with Crippen LogP contribution in [0.4, 0.5) is 0 Å². The number of H-pyrrole nitrogens is 2. The van der Waals surface area contributed by atoms with E-state index in [2.05, 4.69) is 34.0 Å². The number of piperidine rings is 1. The van der Waals surface area contributed by atoms with E-state index in [1.165, 1.54) is 0 Å². The first kappa shape index (κ1) is 17.5. The maximum absolute atomic E-state index is 12.7. The molecule has 3 aromatic heterocycles. The number of carbonyl (C=O) groups is 1. The molecule has 1 aliphatic rings. The molecule has 2 N–H and O–H groups in total. The molecule has 0 aromatic carbocycles. The van der Waals surface area contributed by atoms with Gasteiger partial charge in [0.25, 0.3) is 11.5 Å². The predicted molar refractivity (Wildman–Crippen MR) is 103 cm³/mol. The smallest absolute Gasteiger partial charge is 0.274 e. The van der Waals surface area contributed by atoms with Gasteiger partial charge in [0.15, 0.2) is 0 Å². The summed E-state index contributed by atoms with van der Waals surface area (Å²) in [5, 5.41) is 7.96. The number of hydrogen-bond acceptors (Lipinski definition) is 4. The van der Waals surface area contributed by atoms with Crippen LogP contribution in [0.1, 0.15) is 60.4 Å². The van der Waals surface area contributed by atoms with E-state index in [4.69, 9.17) is 0 Å². The molecule has 27 heavy (non-hydrogen) atoms. The monoisotopic (exact) mass is 365 g/mol. The minimum absolute atomic E-state index is 0.0344. The number of nitrogens with one attached hydrogen (secondary N) is 2. The summed E-state index contributed by atoms with van der Waals surface area (Å²) < 4.78 is 0. The van der Waals surface area contributed by atoms with Crippen LogP contribution in [-0.4, -0.2) is 44.1 Å². The van der Waals surface area contributed by atoms with Crippen molar-refractivity contribution in [1.29, 1.82) is 0 Å². The quantitative estimate of drug-likeness (QED) is 0.746. The summed E-state index contributed by atoms with van der Waals surface area (Å²) in [7, 11) is 0.